The molecule has 0 radical (unpaired) electrons. The van der Waals surface area contributed by atoms with Gasteiger partial charge in [-0.05, 0) is 49.0 Å². The second kappa shape index (κ2) is 9.40. The monoisotopic (exact) mass is 357 g/mol. The minimum absolute atomic E-state index is 0.111. The first-order valence-corrected chi connectivity index (χ1v) is 10.4. The van der Waals surface area contributed by atoms with Crippen molar-refractivity contribution in [2.75, 3.05) is 39.3 Å². The van der Waals surface area contributed by atoms with E-state index in [1.807, 2.05) is 23.1 Å². The molecule has 1 aromatic rings. The Balaban J connectivity index is 1.34. The molecule has 0 aliphatic carbocycles. The summed E-state index contributed by atoms with van der Waals surface area (Å²) in [5.41, 5.74) is 1.27. The second-order valence-electron chi connectivity index (χ2n) is 8.56. The number of rotatable bonds is 5. The van der Waals surface area contributed by atoms with Crippen molar-refractivity contribution in [2.45, 2.75) is 39.5 Å². The molecule has 2 aliphatic heterocycles. The highest BCUT2D eigenvalue weighted by Crippen LogP contribution is 2.24. The standard InChI is InChI=1S/C22H35N3O/c1-18-14-19(2)16-24(15-18)17-21-9-12-25(13-10-21)22(26)23-11-8-20-6-4-3-5-7-20/h3-7,18-19,21H,8-17H2,1-2H3,(H,23,26)/t18-,19-/m0/s1. The summed E-state index contributed by atoms with van der Waals surface area (Å²) in [7, 11) is 0. The SMILES string of the molecule is C[C@H]1C[C@H](C)CN(CC2CCN(C(=O)NCCc3ccccc3)CC2)C1. The Morgan fingerprint density at radius 1 is 1.08 bits per heavy atom. The number of nitrogens with one attached hydrogen (secondary N) is 1. The van der Waals surface area contributed by atoms with Crippen LogP contribution in [0, 0.1) is 17.8 Å². The molecule has 3 rings (SSSR count). The predicted octanol–water partition coefficient (Wildman–Crippen LogP) is 3.63. The number of amides is 2. The highest BCUT2D eigenvalue weighted by molar-refractivity contribution is 5.74. The average Bonchev–Trinajstić information content (AvgIpc) is 2.62. The third kappa shape index (κ3) is 5.73. The number of nitrogens with zero attached hydrogens (tertiary/aromatic N) is 2. The molecule has 144 valence electrons. The van der Waals surface area contributed by atoms with Crippen LogP contribution in [0.5, 0.6) is 0 Å². The number of benzene rings is 1. The Morgan fingerprint density at radius 2 is 1.73 bits per heavy atom. The fraction of sp³-hybridized carbons (Fsp3) is 0.682. The van der Waals surface area contributed by atoms with Crippen molar-refractivity contribution in [3.63, 3.8) is 0 Å². The summed E-state index contributed by atoms with van der Waals surface area (Å²) in [5, 5.41) is 3.09. The summed E-state index contributed by atoms with van der Waals surface area (Å²) in [6.07, 6.45) is 4.56. The zero-order valence-electron chi connectivity index (χ0n) is 16.5. The molecule has 2 saturated heterocycles. The van der Waals surface area contributed by atoms with Gasteiger partial charge in [0, 0.05) is 39.3 Å². The lowest BCUT2D eigenvalue weighted by atomic mass is 9.89. The summed E-state index contributed by atoms with van der Waals surface area (Å²) in [6, 6.07) is 10.5. The predicted molar refractivity (Wildman–Crippen MR) is 107 cm³/mol. The highest BCUT2D eigenvalue weighted by atomic mass is 16.2. The number of carbonyl (C=O) groups is 1. The molecular weight excluding hydrogens is 322 g/mol. The number of piperidine rings is 2. The lowest BCUT2D eigenvalue weighted by Crippen LogP contribution is -2.47. The maximum atomic E-state index is 12.4. The van der Waals surface area contributed by atoms with Gasteiger partial charge < -0.3 is 15.1 Å². The minimum atomic E-state index is 0.111. The van der Waals surface area contributed by atoms with Gasteiger partial charge in [-0.25, -0.2) is 4.79 Å². The van der Waals surface area contributed by atoms with Crippen LogP contribution < -0.4 is 5.32 Å². The third-order valence-electron chi connectivity index (χ3n) is 5.90. The molecule has 4 heteroatoms. The number of hydrogen-bond donors (Lipinski definition) is 1. The van der Waals surface area contributed by atoms with Crippen LogP contribution >= 0.6 is 0 Å². The summed E-state index contributed by atoms with van der Waals surface area (Å²) in [6.45, 7) is 11.0. The normalized spacial score (nSPS) is 25.2. The van der Waals surface area contributed by atoms with Gasteiger partial charge in [0.2, 0.25) is 0 Å². The van der Waals surface area contributed by atoms with E-state index in [0.717, 1.165) is 50.1 Å². The largest absolute Gasteiger partial charge is 0.338 e. The minimum Gasteiger partial charge on any atom is -0.338 e. The molecule has 1 aromatic carbocycles. The molecular formula is C22H35N3O. The van der Waals surface area contributed by atoms with Crippen LogP contribution in [0.4, 0.5) is 4.79 Å². The number of hydrogen-bond acceptors (Lipinski definition) is 2. The first-order valence-electron chi connectivity index (χ1n) is 10.4. The van der Waals surface area contributed by atoms with E-state index in [2.05, 4.69) is 36.2 Å². The van der Waals surface area contributed by atoms with Gasteiger partial charge in [-0.2, -0.15) is 0 Å². The van der Waals surface area contributed by atoms with Crippen LogP contribution in [0.2, 0.25) is 0 Å². The third-order valence-corrected chi connectivity index (χ3v) is 5.90. The zero-order valence-corrected chi connectivity index (χ0v) is 16.5. The van der Waals surface area contributed by atoms with E-state index in [0.29, 0.717) is 6.54 Å². The van der Waals surface area contributed by atoms with Crippen LogP contribution in [-0.2, 0) is 6.42 Å². The molecule has 1 N–H and O–H groups in total. The summed E-state index contributed by atoms with van der Waals surface area (Å²) in [5.74, 6) is 2.41. The molecule has 0 unspecified atom stereocenters. The number of likely N-dealkylation sites (tertiary alicyclic amines) is 2. The molecule has 0 bridgehead atoms. The Hall–Kier alpha value is -1.55. The first-order chi connectivity index (χ1) is 12.6. The smallest absolute Gasteiger partial charge is 0.317 e. The molecule has 2 atom stereocenters. The van der Waals surface area contributed by atoms with Crippen molar-refractivity contribution in [1.82, 2.24) is 15.1 Å². The van der Waals surface area contributed by atoms with E-state index in [9.17, 15) is 4.79 Å². The maximum absolute atomic E-state index is 12.4. The Kier molecular flexibility index (Phi) is 6.95. The quantitative estimate of drug-likeness (QED) is 0.873. The van der Waals surface area contributed by atoms with Crippen LogP contribution in [-0.4, -0.2) is 55.1 Å². The van der Waals surface area contributed by atoms with Gasteiger partial charge in [0.1, 0.15) is 0 Å². The van der Waals surface area contributed by atoms with Gasteiger partial charge in [0.25, 0.3) is 0 Å². The van der Waals surface area contributed by atoms with E-state index in [-0.39, 0.29) is 6.03 Å². The lowest BCUT2D eigenvalue weighted by molar-refractivity contribution is 0.0996. The molecule has 0 saturated carbocycles. The summed E-state index contributed by atoms with van der Waals surface area (Å²) < 4.78 is 0. The van der Waals surface area contributed by atoms with E-state index >= 15 is 0 Å². The van der Waals surface area contributed by atoms with Crippen molar-refractivity contribution in [2.24, 2.45) is 17.8 Å². The Bertz CT molecular complexity index is 544. The molecule has 0 spiro atoms. The van der Waals surface area contributed by atoms with E-state index < -0.39 is 0 Å². The molecule has 2 amide bonds. The van der Waals surface area contributed by atoms with Crippen LogP contribution in [0.25, 0.3) is 0 Å². The Labute approximate surface area is 158 Å². The van der Waals surface area contributed by atoms with Gasteiger partial charge in [0.15, 0.2) is 0 Å². The van der Waals surface area contributed by atoms with E-state index in [1.165, 1.54) is 31.6 Å². The lowest BCUT2D eigenvalue weighted by Gasteiger charge is -2.39. The van der Waals surface area contributed by atoms with Crippen molar-refractivity contribution in [3.05, 3.63) is 35.9 Å². The van der Waals surface area contributed by atoms with Gasteiger partial charge in [-0.3, -0.25) is 0 Å². The molecule has 2 heterocycles. The van der Waals surface area contributed by atoms with Crippen molar-refractivity contribution < 1.29 is 4.79 Å². The van der Waals surface area contributed by atoms with Crippen molar-refractivity contribution in [3.8, 4) is 0 Å². The maximum Gasteiger partial charge on any atom is 0.317 e. The molecule has 0 aromatic heterocycles. The highest BCUT2D eigenvalue weighted by Gasteiger charge is 2.27. The zero-order chi connectivity index (χ0) is 18.4. The molecule has 2 aliphatic rings. The number of urea groups is 1. The van der Waals surface area contributed by atoms with Gasteiger partial charge in [-0.1, -0.05) is 44.2 Å². The topological polar surface area (TPSA) is 35.6 Å². The van der Waals surface area contributed by atoms with E-state index in [1.54, 1.807) is 0 Å². The molecule has 4 nitrogen and oxygen atoms in total. The van der Waals surface area contributed by atoms with Crippen LogP contribution in [0.1, 0.15) is 38.7 Å². The van der Waals surface area contributed by atoms with Crippen LogP contribution in [0.15, 0.2) is 30.3 Å². The first kappa shape index (κ1) is 19.2. The summed E-state index contributed by atoms with van der Waals surface area (Å²) in [4.78, 5) is 17.0. The van der Waals surface area contributed by atoms with Crippen LogP contribution in [0.3, 0.4) is 0 Å². The molecule has 2 fully saturated rings. The second-order valence-corrected chi connectivity index (χ2v) is 8.56. The number of carbonyl (C=O) groups excluding carboxylic acids is 1. The molecule has 26 heavy (non-hydrogen) atoms. The van der Waals surface area contributed by atoms with Crippen molar-refractivity contribution >= 4 is 6.03 Å². The van der Waals surface area contributed by atoms with Gasteiger partial charge >= 0.3 is 6.03 Å². The van der Waals surface area contributed by atoms with Gasteiger partial charge in [-0.15, -0.1) is 0 Å². The average molecular weight is 358 g/mol. The fourth-order valence-electron chi connectivity index (χ4n) is 4.70. The fourth-order valence-corrected chi connectivity index (χ4v) is 4.70. The summed E-state index contributed by atoms with van der Waals surface area (Å²) >= 11 is 0. The Morgan fingerprint density at radius 3 is 2.38 bits per heavy atom. The van der Waals surface area contributed by atoms with Gasteiger partial charge in [0.05, 0.1) is 0 Å². The van der Waals surface area contributed by atoms with Crippen molar-refractivity contribution in [1.29, 1.82) is 0 Å². The van der Waals surface area contributed by atoms with E-state index in [4.69, 9.17) is 0 Å².